The highest BCUT2D eigenvalue weighted by atomic mass is 19.3. The summed E-state index contributed by atoms with van der Waals surface area (Å²) in [5.74, 6) is -1.03. The van der Waals surface area contributed by atoms with E-state index in [9.17, 15) is 8.78 Å². The number of piperidine rings is 1. The number of fused-ring (bicyclic) bond motifs is 1. The van der Waals surface area contributed by atoms with Crippen molar-refractivity contribution in [2.24, 2.45) is 0 Å². The highest BCUT2D eigenvalue weighted by molar-refractivity contribution is 5.91. The van der Waals surface area contributed by atoms with E-state index >= 15 is 0 Å². The highest BCUT2D eigenvalue weighted by Crippen LogP contribution is 2.34. The van der Waals surface area contributed by atoms with Gasteiger partial charge < -0.3 is 19.5 Å². The van der Waals surface area contributed by atoms with Crippen molar-refractivity contribution in [3.05, 3.63) is 36.3 Å². The summed E-state index contributed by atoms with van der Waals surface area (Å²) >= 11 is 0. The Bertz CT molecular complexity index is 1150. The fraction of sp³-hybridized carbons (Fsp3) is 0.560. The van der Waals surface area contributed by atoms with Gasteiger partial charge in [0.1, 0.15) is 11.5 Å². The minimum absolute atomic E-state index is 0.0862. The zero-order valence-corrected chi connectivity index (χ0v) is 20.0. The number of anilines is 1. The van der Waals surface area contributed by atoms with E-state index < -0.39 is 5.92 Å². The molecule has 5 heterocycles. The number of nitrogens with zero attached hydrogens (tertiary/aromatic N) is 5. The summed E-state index contributed by atoms with van der Waals surface area (Å²) in [6.45, 7) is 9.93. The van der Waals surface area contributed by atoms with Crippen LogP contribution in [0.15, 0.2) is 30.6 Å². The van der Waals surface area contributed by atoms with E-state index in [2.05, 4.69) is 46.6 Å². The molecule has 9 heteroatoms. The Hall–Kier alpha value is -2.65. The fourth-order valence-corrected chi connectivity index (χ4v) is 4.95. The average molecular weight is 471 g/mol. The summed E-state index contributed by atoms with van der Waals surface area (Å²) in [4.78, 5) is 22.0. The van der Waals surface area contributed by atoms with Gasteiger partial charge in [-0.25, -0.2) is 23.7 Å². The maximum absolute atomic E-state index is 13.7. The van der Waals surface area contributed by atoms with Crippen LogP contribution in [0.5, 0.6) is 0 Å². The van der Waals surface area contributed by atoms with Crippen LogP contribution in [-0.2, 0) is 10.2 Å². The van der Waals surface area contributed by atoms with Crippen LogP contribution in [0.2, 0.25) is 0 Å². The smallest absolute Gasteiger partial charge is 0.250 e. The quantitative estimate of drug-likeness (QED) is 0.601. The molecule has 1 unspecified atom stereocenters. The van der Waals surface area contributed by atoms with Crippen molar-refractivity contribution < 1.29 is 13.5 Å². The van der Waals surface area contributed by atoms with E-state index in [1.165, 1.54) is 0 Å². The SMILES string of the molecule is CC1COCCN1c1cc(C(C)(C)CN2CCC(F)(F)CC2)nc(-c2ccnc3[nH]ccc23)n1. The minimum atomic E-state index is -2.55. The van der Waals surface area contributed by atoms with Gasteiger partial charge in [0, 0.05) is 73.8 Å². The van der Waals surface area contributed by atoms with Gasteiger partial charge in [-0.05, 0) is 19.1 Å². The number of aromatic amines is 1. The molecule has 0 radical (unpaired) electrons. The lowest BCUT2D eigenvalue weighted by Crippen LogP contribution is -2.46. The first kappa shape index (κ1) is 23.1. The monoisotopic (exact) mass is 470 g/mol. The maximum Gasteiger partial charge on any atom is 0.250 e. The van der Waals surface area contributed by atoms with Gasteiger partial charge in [0.05, 0.1) is 24.9 Å². The van der Waals surface area contributed by atoms with E-state index in [0.717, 1.165) is 34.7 Å². The van der Waals surface area contributed by atoms with Crippen molar-refractivity contribution in [1.82, 2.24) is 24.8 Å². The topological polar surface area (TPSA) is 70.2 Å². The first-order chi connectivity index (χ1) is 16.2. The van der Waals surface area contributed by atoms with Gasteiger partial charge in [-0.2, -0.15) is 0 Å². The van der Waals surface area contributed by atoms with Crippen LogP contribution in [0, 0.1) is 0 Å². The Labute approximate surface area is 198 Å². The van der Waals surface area contributed by atoms with Crippen LogP contribution in [-0.4, -0.2) is 76.2 Å². The lowest BCUT2D eigenvalue weighted by molar-refractivity contribution is -0.0578. The van der Waals surface area contributed by atoms with Crippen molar-refractivity contribution in [2.45, 2.75) is 51.0 Å². The predicted octanol–water partition coefficient (Wildman–Crippen LogP) is 4.25. The zero-order valence-electron chi connectivity index (χ0n) is 20.0. The van der Waals surface area contributed by atoms with Crippen molar-refractivity contribution in [2.75, 3.05) is 44.3 Å². The Kier molecular flexibility index (Phi) is 6.02. The number of H-pyrrole nitrogens is 1. The summed E-state index contributed by atoms with van der Waals surface area (Å²) in [5, 5.41) is 0.969. The number of pyridine rings is 1. The summed E-state index contributed by atoms with van der Waals surface area (Å²) in [6, 6.07) is 6.20. The van der Waals surface area contributed by atoms with Gasteiger partial charge >= 0.3 is 0 Å². The van der Waals surface area contributed by atoms with Crippen molar-refractivity contribution >= 4 is 16.9 Å². The number of halogens is 2. The molecule has 0 bridgehead atoms. The largest absolute Gasteiger partial charge is 0.377 e. The van der Waals surface area contributed by atoms with Gasteiger partial charge in [0.15, 0.2) is 5.82 Å². The van der Waals surface area contributed by atoms with Crippen molar-refractivity contribution in [3.8, 4) is 11.4 Å². The number of aromatic nitrogens is 4. The molecule has 1 atom stereocenters. The second-order valence-electron chi connectivity index (χ2n) is 10.2. The molecule has 0 saturated carbocycles. The molecule has 2 fully saturated rings. The van der Waals surface area contributed by atoms with Gasteiger partial charge in [-0.15, -0.1) is 0 Å². The maximum atomic E-state index is 13.7. The number of rotatable bonds is 5. The van der Waals surface area contributed by atoms with Crippen molar-refractivity contribution in [3.63, 3.8) is 0 Å². The van der Waals surface area contributed by atoms with E-state index in [-0.39, 0.29) is 24.3 Å². The number of ether oxygens (including phenoxy) is 1. The molecule has 0 aliphatic carbocycles. The fourth-order valence-electron chi connectivity index (χ4n) is 4.95. The van der Waals surface area contributed by atoms with Gasteiger partial charge in [-0.1, -0.05) is 13.8 Å². The lowest BCUT2D eigenvalue weighted by Gasteiger charge is -2.38. The molecule has 0 aromatic carbocycles. The molecule has 1 N–H and O–H groups in total. The summed E-state index contributed by atoms with van der Waals surface area (Å²) in [6.07, 6.45) is 3.46. The highest BCUT2D eigenvalue weighted by Gasteiger charge is 2.37. The third-order valence-corrected chi connectivity index (χ3v) is 6.98. The number of hydrogen-bond donors (Lipinski definition) is 1. The molecule has 0 spiro atoms. The summed E-state index contributed by atoms with van der Waals surface area (Å²) < 4.78 is 33.0. The molecular weight excluding hydrogens is 438 g/mol. The van der Waals surface area contributed by atoms with Gasteiger partial charge in [0.2, 0.25) is 0 Å². The minimum Gasteiger partial charge on any atom is -0.377 e. The van der Waals surface area contributed by atoms with Gasteiger partial charge in [0.25, 0.3) is 5.92 Å². The van der Waals surface area contributed by atoms with E-state index in [0.29, 0.717) is 38.7 Å². The Morgan fingerprint density at radius 1 is 1.18 bits per heavy atom. The number of morpholine rings is 1. The van der Waals surface area contributed by atoms with Crippen LogP contribution < -0.4 is 4.90 Å². The molecule has 2 aliphatic heterocycles. The molecule has 182 valence electrons. The molecule has 7 nitrogen and oxygen atoms in total. The third kappa shape index (κ3) is 4.63. The molecule has 34 heavy (non-hydrogen) atoms. The van der Waals surface area contributed by atoms with Crippen LogP contribution in [0.4, 0.5) is 14.6 Å². The molecule has 2 aliphatic rings. The van der Waals surface area contributed by atoms with Crippen molar-refractivity contribution in [1.29, 1.82) is 0 Å². The standard InChI is InChI=1S/C25H32F2N6O/c1-17-15-34-13-12-33(17)21-14-20(24(2,3)16-32-10-6-25(26,27)7-11-32)30-23(31-21)19-5-9-29-22-18(19)4-8-28-22/h4-5,8-9,14,17H,6-7,10-13,15-16H2,1-3H3,(H,28,29). The molecule has 3 aromatic heterocycles. The van der Waals surface area contributed by atoms with Gasteiger partial charge in [-0.3, -0.25) is 0 Å². The predicted molar refractivity (Wildman–Crippen MR) is 128 cm³/mol. The molecular formula is C25H32F2N6O. The van der Waals surface area contributed by atoms with Crippen LogP contribution in [0.1, 0.15) is 39.3 Å². The number of likely N-dealkylation sites (tertiary alicyclic amines) is 1. The molecule has 5 rings (SSSR count). The lowest BCUT2D eigenvalue weighted by atomic mass is 9.87. The second kappa shape index (κ2) is 8.85. The molecule has 0 amide bonds. The normalized spacial score (nSPS) is 21.8. The second-order valence-corrected chi connectivity index (χ2v) is 10.2. The van der Waals surface area contributed by atoms with Crippen LogP contribution in [0.3, 0.4) is 0 Å². The Balaban J connectivity index is 1.54. The van der Waals surface area contributed by atoms with E-state index in [1.54, 1.807) is 6.20 Å². The number of hydrogen-bond acceptors (Lipinski definition) is 6. The first-order valence-corrected chi connectivity index (χ1v) is 12.0. The van der Waals surface area contributed by atoms with E-state index in [4.69, 9.17) is 14.7 Å². The number of alkyl halides is 2. The molecule has 2 saturated heterocycles. The first-order valence-electron chi connectivity index (χ1n) is 12.0. The van der Waals surface area contributed by atoms with Crippen LogP contribution in [0.25, 0.3) is 22.4 Å². The summed E-state index contributed by atoms with van der Waals surface area (Å²) in [5.41, 5.74) is 2.27. The third-order valence-electron chi connectivity index (χ3n) is 6.98. The number of nitrogens with one attached hydrogen (secondary N) is 1. The Morgan fingerprint density at radius 3 is 2.74 bits per heavy atom. The Morgan fingerprint density at radius 2 is 1.97 bits per heavy atom. The molecule has 3 aromatic rings. The summed E-state index contributed by atoms with van der Waals surface area (Å²) in [7, 11) is 0. The van der Waals surface area contributed by atoms with Crippen LogP contribution >= 0.6 is 0 Å². The zero-order chi connectivity index (χ0) is 23.9. The average Bonchev–Trinajstić information content (AvgIpc) is 3.29. The van der Waals surface area contributed by atoms with E-state index in [1.807, 2.05) is 18.3 Å².